The van der Waals surface area contributed by atoms with Gasteiger partial charge in [0.15, 0.2) is 11.6 Å². The van der Waals surface area contributed by atoms with Crippen LogP contribution in [0.3, 0.4) is 0 Å². The molecule has 4 heterocycles. The summed E-state index contributed by atoms with van der Waals surface area (Å²) in [6.45, 7) is 3.58. The summed E-state index contributed by atoms with van der Waals surface area (Å²) in [5.41, 5.74) is 10.4. The number of hydrogen-bond acceptors (Lipinski definition) is 10. The third kappa shape index (κ3) is 9.81. The third-order valence-corrected chi connectivity index (χ3v) is 13.9. The van der Waals surface area contributed by atoms with Crippen molar-refractivity contribution in [3.05, 3.63) is 124 Å². The van der Waals surface area contributed by atoms with Crippen LogP contribution in [-0.4, -0.2) is 76.8 Å². The van der Waals surface area contributed by atoms with E-state index < -0.39 is 17.6 Å². The van der Waals surface area contributed by atoms with Crippen LogP contribution < -0.4 is 31.9 Å². The van der Waals surface area contributed by atoms with Crippen molar-refractivity contribution < 1.29 is 28.0 Å². The average molecular weight is 902 g/mol. The summed E-state index contributed by atoms with van der Waals surface area (Å²) in [6, 6.07) is 24.9. The lowest BCUT2D eigenvalue weighted by Crippen LogP contribution is -2.57. The van der Waals surface area contributed by atoms with Crippen molar-refractivity contribution in [2.75, 3.05) is 41.7 Å². The Kier molecular flexibility index (Phi) is 12.5. The van der Waals surface area contributed by atoms with Crippen molar-refractivity contribution in [1.29, 1.82) is 0 Å². The molecule has 3 aliphatic heterocycles. The first-order valence-corrected chi connectivity index (χ1v) is 22.5. The molecule has 6 N–H and O–H groups in total. The number of nitrogens with zero attached hydrogens (tertiary/aromatic N) is 4. The number of halogens is 3. The minimum Gasteiger partial charge on any atom is -0.369 e. The number of piperidine rings is 3. The Bertz CT molecular complexity index is 2630. The first-order valence-electron chi connectivity index (χ1n) is 22.1. The van der Waals surface area contributed by atoms with Crippen molar-refractivity contribution in [3.63, 3.8) is 0 Å². The molecule has 9 rings (SSSR count). The topological polar surface area (TPSA) is 175 Å². The van der Waals surface area contributed by atoms with Crippen LogP contribution in [0.25, 0.3) is 11.1 Å². The molecule has 336 valence electrons. The molecule has 1 aliphatic carbocycles. The molecule has 16 heteroatoms. The van der Waals surface area contributed by atoms with Gasteiger partial charge in [0.25, 0.3) is 0 Å². The second kappa shape index (κ2) is 18.6. The number of imide groups is 1. The molecule has 1 saturated carbocycles. The Hall–Kier alpha value is -6.45. The van der Waals surface area contributed by atoms with Gasteiger partial charge < -0.3 is 31.5 Å². The average Bonchev–Trinajstić information content (AvgIpc) is 3.28. The zero-order valence-corrected chi connectivity index (χ0v) is 36.5. The Labute approximate surface area is 380 Å². The van der Waals surface area contributed by atoms with Crippen molar-refractivity contribution in [3.8, 4) is 11.1 Å². The van der Waals surface area contributed by atoms with E-state index in [2.05, 4.69) is 41.0 Å². The first-order chi connectivity index (χ1) is 31.4. The van der Waals surface area contributed by atoms with Gasteiger partial charge in [-0.15, -0.1) is 0 Å². The van der Waals surface area contributed by atoms with E-state index in [1.807, 2.05) is 30.3 Å². The van der Waals surface area contributed by atoms with Crippen LogP contribution in [0.2, 0.25) is 5.02 Å². The minimum absolute atomic E-state index is 0.0176. The number of carbonyl (C=O) groups is 4. The van der Waals surface area contributed by atoms with Crippen molar-refractivity contribution in [2.24, 2.45) is 11.1 Å². The fourth-order valence-electron chi connectivity index (χ4n) is 10.0. The van der Waals surface area contributed by atoms with Gasteiger partial charge in [0, 0.05) is 59.1 Å². The second-order valence-corrected chi connectivity index (χ2v) is 18.2. The van der Waals surface area contributed by atoms with Crippen LogP contribution in [0.1, 0.15) is 78.8 Å². The summed E-state index contributed by atoms with van der Waals surface area (Å²) in [7, 11) is 0. The second-order valence-electron chi connectivity index (χ2n) is 17.8. The van der Waals surface area contributed by atoms with Gasteiger partial charge in [-0.05, 0) is 129 Å². The zero-order valence-electron chi connectivity index (χ0n) is 35.7. The standard InChI is InChI=1S/C49H50ClF2N9O4/c50-39-4-2-1-3-36(39)38-25-32(10-11-37(38)45(53)64)56-46-41(52)28-54-48(59-46)57-31-8-5-29(6-9-31)23-44(63)55-33-26-49(27-33)17-21-60(22-18-49)34-15-19-61(20-16-34)42-13-7-30(24-40(42)51)35-12-14-43(62)58-47(35)65/h1-11,13,24-25,28,33-35H,12,14-23,26-27H2,(H2,53,64)(H,55,63)(H,58,62,65)(H2,54,56,57,59). The molecular formula is C49H50ClF2N9O4. The van der Waals surface area contributed by atoms with E-state index in [4.69, 9.17) is 17.3 Å². The maximum absolute atomic E-state index is 15.3. The first kappa shape index (κ1) is 43.8. The van der Waals surface area contributed by atoms with Crippen LogP contribution in [0.15, 0.2) is 91.1 Å². The molecule has 4 fully saturated rings. The predicted molar refractivity (Wildman–Crippen MR) is 245 cm³/mol. The SMILES string of the molecule is NC(=O)c1ccc(Nc2nc(Nc3ccc(CC(=O)NC4CC5(CCN(C6CCN(c7ccc(C8CCC(=O)NC8=O)cc7F)CC6)CC5)C4)cc3)ncc2F)cc1-c1ccccc1Cl. The van der Waals surface area contributed by atoms with E-state index >= 15 is 4.39 Å². The number of aromatic nitrogens is 2. The number of hydrogen-bond donors (Lipinski definition) is 5. The van der Waals surface area contributed by atoms with E-state index in [0.29, 0.717) is 51.2 Å². The van der Waals surface area contributed by atoms with Gasteiger partial charge in [-0.25, -0.2) is 13.8 Å². The van der Waals surface area contributed by atoms with Gasteiger partial charge in [-0.1, -0.05) is 48.0 Å². The van der Waals surface area contributed by atoms with E-state index in [1.54, 1.807) is 48.5 Å². The number of nitrogens with two attached hydrogens (primary N) is 1. The molecule has 5 aromatic rings. The van der Waals surface area contributed by atoms with Gasteiger partial charge in [0.05, 0.1) is 24.2 Å². The molecule has 4 aliphatic rings. The maximum atomic E-state index is 15.3. The summed E-state index contributed by atoms with van der Waals surface area (Å²) >= 11 is 6.42. The summed E-state index contributed by atoms with van der Waals surface area (Å²) in [5, 5.41) is 12.1. The minimum atomic E-state index is -0.680. The monoisotopic (exact) mass is 901 g/mol. The molecule has 4 amide bonds. The Morgan fingerprint density at radius 2 is 1.58 bits per heavy atom. The summed E-state index contributed by atoms with van der Waals surface area (Å²) in [5.74, 6) is -2.73. The van der Waals surface area contributed by atoms with Crippen molar-refractivity contribution in [1.82, 2.24) is 25.5 Å². The van der Waals surface area contributed by atoms with Gasteiger partial charge in [0.2, 0.25) is 29.6 Å². The molecule has 4 aromatic carbocycles. The molecular weight excluding hydrogens is 852 g/mol. The normalized spacial score (nSPS) is 19.1. The highest BCUT2D eigenvalue weighted by molar-refractivity contribution is 6.33. The van der Waals surface area contributed by atoms with Gasteiger partial charge in [-0.2, -0.15) is 4.98 Å². The lowest BCUT2D eigenvalue weighted by molar-refractivity contribution is -0.134. The Morgan fingerprint density at radius 3 is 2.29 bits per heavy atom. The van der Waals surface area contributed by atoms with Gasteiger partial charge in [-0.3, -0.25) is 24.5 Å². The van der Waals surface area contributed by atoms with Crippen LogP contribution in [0, 0.1) is 17.0 Å². The number of rotatable bonds is 12. The summed E-state index contributed by atoms with van der Waals surface area (Å²) in [4.78, 5) is 62.3. The number of carbonyl (C=O) groups excluding carboxylic acids is 4. The molecule has 65 heavy (non-hydrogen) atoms. The number of benzene rings is 4. The smallest absolute Gasteiger partial charge is 0.249 e. The third-order valence-electron chi connectivity index (χ3n) is 13.5. The largest absolute Gasteiger partial charge is 0.369 e. The maximum Gasteiger partial charge on any atom is 0.249 e. The highest BCUT2D eigenvalue weighted by atomic mass is 35.5. The summed E-state index contributed by atoms with van der Waals surface area (Å²) in [6.07, 6.45) is 8.06. The molecule has 3 saturated heterocycles. The number of likely N-dealkylation sites (tertiary alicyclic amines) is 1. The predicted octanol–water partition coefficient (Wildman–Crippen LogP) is 7.75. The Morgan fingerprint density at radius 1 is 0.846 bits per heavy atom. The number of nitrogens with one attached hydrogen (secondary N) is 4. The zero-order chi connectivity index (χ0) is 45.2. The van der Waals surface area contributed by atoms with Crippen molar-refractivity contribution >= 4 is 64.1 Å². The van der Waals surface area contributed by atoms with E-state index in [-0.39, 0.29) is 65.2 Å². The van der Waals surface area contributed by atoms with Crippen LogP contribution >= 0.6 is 11.6 Å². The van der Waals surface area contributed by atoms with Crippen LogP contribution in [0.4, 0.5) is 37.6 Å². The summed E-state index contributed by atoms with van der Waals surface area (Å²) < 4.78 is 30.2. The highest BCUT2D eigenvalue weighted by Gasteiger charge is 2.47. The molecule has 13 nitrogen and oxygen atoms in total. The quantitative estimate of drug-likeness (QED) is 0.0779. The number of amides is 4. The fourth-order valence-corrected chi connectivity index (χ4v) is 10.3. The number of anilines is 5. The molecule has 1 unspecified atom stereocenters. The molecule has 0 radical (unpaired) electrons. The van der Waals surface area contributed by atoms with Crippen LogP contribution in [0.5, 0.6) is 0 Å². The Balaban J connectivity index is 0.711. The molecule has 1 aromatic heterocycles. The molecule has 1 spiro atoms. The van der Waals surface area contributed by atoms with Gasteiger partial charge in [0.1, 0.15) is 5.82 Å². The number of primary amides is 1. The van der Waals surface area contributed by atoms with E-state index in [0.717, 1.165) is 76.5 Å². The lowest BCUT2D eigenvalue weighted by atomic mass is 9.60. The fraction of sp³-hybridized carbons (Fsp3) is 0.347. The molecule has 1 atom stereocenters. The van der Waals surface area contributed by atoms with Gasteiger partial charge >= 0.3 is 0 Å². The van der Waals surface area contributed by atoms with E-state index in [9.17, 15) is 23.6 Å². The molecule has 0 bridgehead atoms. The van der Waals surface area contributed by atoms with Crippen LogP contribution in [-0.2, 0) is 20.8 Å². The van der Waals surface area contributed by atoms with Crippen molar-refractivity contribution in [2.45, 2.75) is 75.8 Å². The lowest BCUT2D eigenvalue weighted by Gasteiger charge is -2.54. The van der Waals surface area contributed by atoms with E-state index in [1.165, 1.54) is 6.07 Å². The highest BCUT2D eigenvalue weighted by Crippen LogP contribution is 2.49.